The van der Waals surface area contributed by atoms with Gasteiger partial charge in [-0.1, -0.05) is 0 Å². The van der Waals surface area contributed by atoms with Crippen LogP contribution in [0.2, 0.25) is 0 Å². The lowest BCUT2D eigenvalue weighted by molar-refractivity contribution is -0.383. The number of hydrogen-bond donors (Lipinski definition) is 2. The molecule has 0 amide bonds. The molecule has 9 heteroatoms. The van der Waals surface area contributed by atoms with Crippen LogP contribution in [0.25, 0.3) is 10.9 Å². The number of rotatable bonds is 5. The zero-order valence-corrected chi connectivity index (χ0v) is 11.1. The van der Waals surface area contributed by atoms with Gasteiger partial charge in [-0.05, 0) is 18.2 Å². The van der Waals surface area contributed by atoms with Gasteiger partial charge in [-0.2, -0.15) is 0 Å². The van der Waals surface area contributed by atoms with Crippen LogP contribution >= 0.6 is 0 Å². The number of sulfonamides is 1. The Bertz CT molecular complexity index is 760. The molecular formula is C11H12N4O4S. The minimum atomic E-state index is -3.56. The number of pyridine rings is 1. The number of nitro groups is 1. The summed E-state index contributed by atoms with van der Waals surface area (Å²) < 4.78 is 21.7. The molecule has 0 fully saturated rings. The molecule has 2 rings (SSSR count). The van der Waals surface area contributed by atoms with Crippen LogP contribution in [0.1, 0.15) is 0 Å². The van der Waals surface area contributed by atoms with Crippen molar-refractivity contribution in [2.24, 2.45) is 5.14 Å². The number of benzene rings is 1. The number of nitro benzene ring substituents is 1. The predicted molar refractivity (Wildman–Crippen MR) is 74.9 cm³/mol. The van der Waals surface area contributed by atoms with E-state index in [1.807, 2.05) is 0 Å². The first kappa shape index (κ1) is 14.2. The highest BCUT2D eigenvalue weighted by atomic mass is 32.2. The van der Waals surface area contributed by atoms with Gasteiger partial charge in [0, 0.05) is 18.8 Å². The molecule has 0 atom stereocenters. The van der Waals surface area contributed by atoms with Crippen molar-refractivity contribution in [2.45, 2.75) is 0 Å². The Hall–Kier alpha value is -2.26. The van der Waals surface area contributed by atoms with Gasteiger partial charge in [0.15, 0.2) is 0 Å². The fraction of sp³-hybridized carbons (Fsp3) is 0.182. The van der Waals surface area contributed by atoms with Crippen molar-refractivity contribution in [3.05, 3.63) is 40.6 Å². The van der Waals surface area contributed by atoms with Crippen molar-refractivity contribution in [3.63, 3.8) is 0 Å². The Morgan fingerprint density at radius 3 is 2.75 bits per heavy atom. The number of nitrogens with two attached hydrogens (primary N) is 1. The third kappa shape index (κ3) is 3.19. The smallest absolute Gasteiger partial charge is 0.278 e. The van der Waals surface area contributed by atoms with Crippen LogP contribution in [0.3, 0.4) is 0 Å². The fourth-order valence-corrected chi connectivity index (χ4v) is 2.17. The first-order chi connectivity index (χ1) is 9.38. The maximum atomic E-state index is 10.9. The van der Waals surface area contributed by atoms with Crippen molar-refractivity contribution < 1.29 is 13.3 Å². The average Bonchev–Trinajstić information content (AvgIpc) is 2.37. The van der Waals surface area contributed by atoms with Gasteiger partial charge in [0.2, 0.25) is 10.0 Å². The first-order valence-corrected chi connectivity index (χ1v) is 7.36. The number of primary sulfonamides is 1. The van der Waals surface area contributed by atoms with Crippen molar-refractivity contribution >= 4 is 32.3 Å². The second-order valence-electron chi connectivity index (χ2n) is 4.08. The van der Waals surface area contributed by atoms with E-state index in [4.69, 9.17) is 5.14 Å². The fourth-order valence-electron chi connectivity index (χ4n) is 1.79. The summed E-state index contributed by atoms with van der Waals surface area (Å²) in [5, 5.41) is 19.1. The molecule has 0 aliphatic heterocycles. The number of non-ortho nitro benzene ring substituents is 1. The van der Waals surface area contributed by atoms with Crippen molar-refractivity contribution in [1.82, 2.24) is 4.98 Å². The lowest BCUT2D eigenvalue weighted by Gasteiger charge is -2.08. The van der Waals surface area contributed by atoms with Crippen LogP contribution in [-0.2, 0) is 10.0 Å². The van der Waals surface area contributed by atoms with E-state index in [0.717, 1.165) is 0 Å². The van der Waals surface area contributed by atoms with Gasteiger partial charge in [-0.3, -0.25) is 15.1 Å². The maximum absolute atomic E-state index is 10.9. The minimum absolute atomic E-state index is 0.0508. The number of nitrogens with one attached hydrogen (secondary N) is 1. The van der Waals surface area contributed by atoms with E-state index in [9.17, 15) is 18.5 Å². The summed E-state index contributed by atoms with van der Waals surface area (Å²) in [6, 6.07) is 6.04. The molecule has 1 aromatic heterocycles. The molecule has 0 radical (unpaired) electrons. The molecule has 0 unspecified atom stereocenters. The highest BCUT2D eigenvalue weighted by Gasteiger charge is 2.14. The first-order valence-electron chi connectivity index (χ1n) is 5.65. The summed E-state index contributed by atoms with van der Waals surface area (Å²) in [4.78, 5) is 14.5. The molecule has 0 spiro atoms. The second kappa shape index (κ2) is 5.39. The third-order valence-electron chi connectivity index (χ3n) is 2.65. The summed E-state index contributed by atoms with van der Waals surface area (Å²) >= 11 is 0. The minimum Gasteiger partial charge on any atom is -0.382 e. The molecule has 0 bridgehead atoms. The summed E-state index contributed by atoms with van der Waals surface area (Å²) in [6.45, 7) is 0.0995. The lowest BCUT2D eigenvalue weighted by Crippen LogP contribution is -2.22. The van der Waals surface area contributed by atoms with E-state index in [1.54, 1.807) is 12.1 Å². The van der Waals surface area contributed by atoms with E-state index in [-0.39, 0.29) is 18.0 Å². The van der Waals surface area contributed by atoms with Crippen LogP contribution in [0, 0.1) is 10.1 Å². The van der Waals surface area contributed by atoms with Crippen LogP contribution in [0.5, 0.6) is 0 Å². The molecule has 3 N–H and O–H groups in total. The quantitative estimate of drug-likeness (QED) is 0.621. The van der Waals surface area contributed by atoms with E-state index in [1.165, 1.54) is 18.3 Å². The molecule has 20 heavy (non-hydrogen) atoms. The summed E-state index contributed by atoms with van der Waals surface area (Å²) in [5.74, 6) is -0.238. The highest BCUT2D eigenvalue weighted by Crippen LogP contribution is 2.29. The molecule has 1 aromatic carbocycles. The van der Waals surface area contributed by atoms with Crippen molar-refractivity contribution in [3.8, 4) is 0 Å². The Morgan fingerprint density at radius 2 is 2.10 bits per heavy atom. The molecule has 0 aliphatic rings. The standard InChI is InChI=1S/C11H12N4O4S/c12-20(18,19)7-6-13-9-3-4-10(15(16)17)8-2-1-5-14-11(8)9/h1-5,13H,6-7H2,(H2,12,18,19). The monoisotopic (exact) mass is 296 g/mol. The van der Waals surface area contributed by atoms with Crippen LogP contribution in [0.4, 0.5) is 11.4 Å². The molecule has 106 valence electrons. The van der Waals surface area contributed by atoms with Crippen LogP contribution in [-0.4, -0.2) is 30.6 Å². The molecule has 8 nitrogen and oxygen atoms in total. The van der Waals surface area contributed by atoms with E-state index in [0.29, 0.717) is 16.6 Å². The second-order valence-corrected chi connectivity index (χ2v) is 5.82. The Kier molecular flexibility index (Phi) is 3.81. The normalized spacial score (nSPS) is 11.4. The molecular weight excluding hydrogens is 284 g/mol. The number of fused-ring (bicyclic) bond motifs is 1. The number of aromatic nitrogens is 1. The van der Waals surface area contributed by atoms with E-state index >= 15 is 0 Å². The van der Waals surface area contributed by atoms with Gasteiger partial charge in [0.1, 0.15) is 5.52 Å². The molecule has 2 aromatic rings. The zero-order chi connectivity index (χ0) is 14.8. The Morgan fingerprint density at radius 1 is 1.35 bits per heavy atom. The average molecular weight is 296 g/mol. The van der Waals surface area contributed by atoms with Crippen molar-refractivity contribution in [2.75, 3.05) is 17.6 Å². The lowest BCUT2D eigenvalue weighted by atomic mass is 10.1. The SMILES string of the molecule is NS(=O)(=O)CCNc1ccc([N+](=O)[O-])c2cccnc12. The maximum Gasteiger partial charge on any atom is 0.278 e. The molecule has 0 aliphatic carbocycles. The highest BCUT2D eigenvalue weighted by molar-refractivity contribution is 7.89. The van der Waals surface area contributed by atoms with Crippen molar-refractivity contribution in [1.29, 1.82) is 0 Å². The van der Waals surface area contributed by atoms with Crippen LogP contribution in [0.15, 0.2) is 30.5 Å². The third-order valence-corrected chi connectivity index (χ3v) is 3.42. The largest absolute Gasteiger partial charge is 0.382 e. The summed E-state index contributed by atoms with van der Waals surface area (Å²) in [7, 11) is -3.56. The topological polar surface area (TPSA) is 128 Å². The van der Waals surface area contributed by atoms with E-state index in [2.05, 4.69) is 10.3 Å². The zero-order valence-electron chi connectivity index (χ0n) is 10.3. The van der Waals surface area contributed by atoms with E-state index < -0.39 is 14.9 Å². The van der Waals surface area contributed by atoms with Gasteiger partial charge < -0.3 is 5.32 Å². The number of anilines is 1. The van der Waals surface area contributed by atoms with Crippen LogP contribution < -0.4 is 10.5 Å². The Balaban J connectivity index is 2.36. The molecule has 0 saturated heterocycles. The number of nitrogens with zero attached hydrogens (tertiary/aromatic N) is 2. The molecule has 0 saturated carbocycles. The summed E-state index contributed by atoms with van der Waals surface area (Å²) in [5.41, 5.74) is 0.885. The predicted octanol–water partition coefficient (Wildman–Crippen LogP) is 0.843. The van der Waals surface area contributed by atoms with Gasteiger partial charge in [-0.25, -0.2) is 13.6 Å². The van der Waals surface area contributed by atoms with Gasteiger partial charge in [-0.15, -0.1) is 0 Å². The van der Waals surface area contributed by atoms with Gasteiger partial charge in [0.05, 0.1) is 21.7 Å². The Labute approximate surface area is 114 Å². The summed E-state index contributed by atoms with van der Waals surface area (Å²) in [6.07, 6.45) is 1.51. The van der Waals surface area contributed by atoms with Gasteiger partial charge in [0.25, 0.3) is 5.69 Å². The molecule has 1 heterocycles. The number of hydrogen-bond acceptors (Lipinski definition) is 6. The van der Waals surface area contributed by atoms with Gasteiger partial charge >= 0.3 is 0 Å².